The summed E-state index contributed by atoms with van der Waals surface area (Å²) in [5, 5.41) is 0.610. The highest BCUT2D eigenvalue weighted by Crippen LogP contribution is 2.13. The van der Waals surface area contributed by atoms with Crippen molar-refractivity contribution in [3.8, 4) is 5.88 Å². The molecule has 0 fully saturated rings. The van der Waals surface area contributed by atoms with E-state index in [1.807, 2.05) is 6.92 Å². The number of halogens is 1. The molecule has 0 aliphatic heterocycles. The molecule has 1 aromatic rings. The fraction of sp³-hybridized carbons (Fsp3) is 0.333. The molecule has 9 heavy (non-hydrogen) atoms. The van der Waals surface area contributed by atoms with Gasteiger partial charge in [0.25, 0.3) is 0 Å². The molecule has 2 nitrogen and oxygen atoms in total. The second-order valence-corrected chi connectivity index (χ2v) is 2.01. The molecule has 0 bridgehead atoms. The predicted molar refractivity (Wildman–Crippen MR) is 37.0 cm³/mol. The van der Waals surface area contributed by atoms with E-state index in [4.69, 9.17) is 16.3 Å². The van der Waals surface area contributed by atoms with Gasteiger partial charge in [-0.25, -0.2) is 0 Å². The summed E-state index contributed by atoms with van der Waals surface area (Å²) in [6, 6.07) is 3.55. The second kappa shape index (κ2) is 2.78. The van der Waals surface area contributed by atoms with Crippen molar-refractivity contribution < 1.29 is 4.74 Å². The first-order valence-electron chi connectivity index (χ1n) is 2.80. The lowest BCUT2D eigenvalue weighted by molar-refractivity contribution is 0.329. The molecule has 0 spiro atoms. The van der Waals surface area contributed by atoms with E-state index >= 15 is 0 Å². The molecule has 1 heterocycles. The van der Waals surface area contributed by atoms with E-state index in [2.05, 4.69) is 4.98 Å². The topological polar surface area (TPSA) is 25.0 Å². The normalized spacial score (nSPS) is 9.56. The molecule has 0 aliphatic carbocycles. The molecule has 0 unspecified atom stereocenters. The molecule has 1 N–H and O–H groups in total. The van der Waals surface area contributed by atoms with Gasteiger partial charge in [-0.3, -0.25) is 0 Å². The van der Waals surface area contributed by atoms with Gasteiger partial charge in [-0.1, -0.05) is 11.6 Å². The Labute approximate surface area is 58.8 Å². The Balaban J connectivity index is 2.61. The molecule has 3 heteroatoms. The third-order valence-electron chi connectivity index (χ3n) is 0.923. The average Bonchev–Trinajstić information content (AvgIpc) is 2.17. The molecule has 0 aromatic carbocycles. The SMILES string of the molecule is CCOc1ccc(Cl)[nH]1. The van der Waals surface area contributed by atoms with Crippen LogP contribution in [0.15, 0.2) is 12.1 Å². The van der Waals surface area contributed by atoms with Crippen LogP contribution in [0.2, 0.25) is 5.15 Å². The van der Waals surface area contributed by atoms with Gasteiger partial charge in [0.15, 0.2) is 5.88 Å². The Morgan fingerprint density at radius 2 is 2.44 bits per heavy atom. The van der Waals surface area contributed by atoms with E-state index in [9.17, 15) is 0 Å². The van der Waals surface area contributed by atoms with Gasteiger partial charge in [-0.05, 0) is 13.0 Å². The maximum atomic E-state index is 5.56. The average molecular weight is 146 g/mol. The van der Waals surface area contributed by atoms with Gasteiger partial charge >= 0.3 is 0 Å². The zero-order valence-corrected chi connectivity index (χ0v) is 5.90. The van der Waals surface area contributed by atoms with Gasteiger partial charge in [0, 0.05) is 6.07 Å². The minimum absolute atomic E-state index is 0.610. The van der Waals surface area contributed by atoms with Crippen LogP contribution in [0.1, 0.15) is 6.92 Å². The summed E-state index contributed by atoms with van der Waals surface area (Å²) in [6.07, 6.45) is 0. The van der Waals surface area contributed by atoms with E-state index in [1.165, 1.54) is 0 Å². The summed E-state index contributed by atoms with van der Waals surface area (Å²) >= 11 is 5.56. The summed E-state index contributed by atoms with van der Waals surface area (Å²) in [5.74, 6) is 0.725. The van der Waals surface area contributed by atoms with Gasteiger partial charge in [0.05, 0.1) is 6.61 Å². The molecule has 0 amide bonds. The number of hydrogen-bond donors (Lipinski definition) is 1. The van der Waals surface area contributed by atoms with Gasteiger partial charge in [0.1, 0.15) is 5.15 Å². The van der Waals surface area contributed by atoms with Crippen LogP contribution < -0.4 is 4.74 Å². The molecule has 1 aromatic heterocycles. The molecule has 1 rings (SSSR count). The molecule has 0 saturated heterocycles. The lowest BCUT2D eigenvalue weighted by atomic mass is 10.6. The summed E-state index contributed by atoms with van der Waals surface area (Å²) in [6.45, 7) is 2.59. The highest BCUT2D eigenvalue weighted by molar-refractivity contribution is 6.29. The number of rotatable bonds is 2. The first-order valence-corrected chi connectivity index (χ1v) is 3.18. The standard InChI is InChI=1S/C6H8ClNO/c1-2-9-6-4-3-5(7)8-6/h3-4,8H,2H2,1H3. The van der Waals surface area contributed by atoms with Crippen molar-refractivity contribution in [2.75, 3.05) is 6.61 Å². The van der Waals surface area contributed by atoms with Crippen LogP contribution in [0.3, 0.4) is 0 Å². The van der Waals surface area contributed by atoms with Crippen LogP contribution in [-0.2, 0) is 0 Å². The zero-order chi connectivity index (χ0) is 6.69. The minimum atomic E-state index is 0.610. The third-order valence-corrected chi connectivity index (χ3v) is 1.14. The Hall–Kier alpha value is -0.630. The fourth-order valence-electron chi connectivity index (χ4n) is 0.590. The number of aromatic nitrogens is 1. The van der Waals surface area contributed by atoms with Crippen LogP contribution >= 0.6 is 11.6 Å². The summed E-state index contributed by atoms with van der Waals surface area (Å²) in [4.78, 5) is 2.82. The third kappa shape index (κ3) is 1.64. The number of ether oxygens (including phenoxy) is 1. The molecule has 0 saturated carbocycles. The van der Waals surface area contributed by atoms with Crippen LogP contribution in [0.5, 0.6) is 5.88 Å². The Morgan fingerprint density at radius 1 is 1.67 bits per heavy atom. The van der Waals surface area contributed by atoms with Crippen molar-refractivity contribution in [1.82, 2.24) is 4.98 Å². The fourth-order valence-corrected chi connectivity index (χ4v) is 0.746. The molecule has 0 atom stereocenters. The van der Waals surface area contributed by atoms with E-state index in [-0.39, 0.29) is 0 Å². The van der Waals surface area contributed by atoms with Gasteiger partial charge in [-0.2, -0.15) is 0 Å². The Kier molecular flexibility index (Phi) is 2.01. The largest absolute Gasteiger partial charge is 0.479 e. The van der Waals surface area contributed by atoms with E-state index < -0.39 is 0 Å². The lowest BCUT2D eigenvalue weighted by Crippen LogP contribution is -1.89. The van der Waals surface area contributed by atoms with Crippen molar-refractivity contribution in [2.24, 2.45) is 0 Å². The minimum Gasteiger partial charge on any atom is -0.479 e. The van der Waals surface area contributed by atoms with Gasteiger partial charge in [-0.15, -0.1) is 0 Å². The highest BCUT2D eigenvalue weighted by Gasteiger charge is 1.92. The molecular weight excluding hydrogens is 138 g/mol. The summed E-state index contributed by atoms with van der Waals surface area (Å²) < 4.78 is 5.09. The van der Waals surface area contributed by atoms with Gasteiger partial charge < -0.3 is 9.72 Å². The maximum Gasteiger partial charge on any atom is 0.191 e. The van der Waals surface area contributed by atoms with Crippen molar-refractivity contribution in [3.63, 3.8) is 0 Å². The van der Waals surface area contributed by atoms with Crippen LogP contribution in [0.25, 0.3) is 0 Å². The van der Waals surface area contributed by atoms with E-state index in [1.54, 1.807) is 12.1 Å². The van der Waals surface area contributed by atoms with Crippen molar-refractivity contribution in [3.05, 3.63) is 17.3 Å². The lowest BCUT2D eigenvalue weighted by Gasteiger charge is -1.95. The van der Waals surface area contributed by atoms with Crippen molar-refractivity contribution >= 4 is 11.6 Å². The smallest absolute Gasteiger partial charge is 0.191 e. The first-order chi connectivity index (χ1) is 4.33. The van der Waals surface area contributed by atoms with Crippen LogP contribution in [-0.4, -0.2) is 11.6 Å². The van der Waals surface area contributed by atoms with Crippen molar-refractivity contribution in [2.45, 2.75) is 6.92 Å². The number of H-pyrrole nitrogens is 1. The van der Waals surface area contributed by atoms with Crippen LogP contribution in [0, 0.1) is 0 Å². The number of aromatic amines is 1. The molecule has 50 valence electrons. The predicted octanol–water partition coefficient (Wildman–Crippen LogP) is 2.07. The summed E-state index contributed by atoms with van der Waals surface area (Å²) in [7, 11) is 0. The van der Waals surface area contributed by atoms with E-state index in [0.29, 0.717) is 11.8 Å². The second-order valence-electron chi connectivity index (χ2n) is 1.60. The number of nitrogens with one attached hydrogen (secondary N) is 1. The van der Waals surface area contributed by atoms with E-state index in [0.717, 1.165) is 5.88 Å². The molecule has 0 aliphatic rings. The summed E-state index contributed by atoms with van der Waals surface area (Å²) in [5.41, 5.74) is 0. The monoisotopic (exact) mass is 145 g/mol. The number of hydrogen-bond acceptors (Lipinski definition) is 1. The highest BCUT2D eigenvalue weighted by atomic mass is 35.5. The molecule has 0 radical (unpaired) electrons. The van der Waals surface area contributed by atoms with Crippen LogP contribution in [0.4, 0.5) is 0 Å². The quantitative estimate of drug-likeness (QED) is 0.677. The van der Waals surface area contributed by atoms with Gasteiger partial charge in [0.2, 0.25) is 0 Å². The first kappa shape index (κ1) is 6.49. The van der Waals surface area contributed by atoms with Crippen molar-refractivity contribution in [1.29, 1.82) is 0 Å². The molecular formula is C6H8ClNO. The zero-order valence-electron chi connectivity index (χ0n) is 5.15. The maximum absolute atomic E-state index is 5.56. The Morgan fingerprint density at radius 3 is 2.89 bits per heavy atom. The Bertz CT molecular complexity index is 185.